The van der Waals surface area contributed by atoms with Crippen LogP contribution in [0.4, 0.5) is 0 Å². The molecule has 1 heterocycles. The largest absolute Gasteiger partial charge is 0.313 e. The molecule has 1 saturated heterocycles. The summed E-state index contributed by atoms with van der Waals surface area (Å²) in [4.78, 5) is 14.7. The Balaban J connectivity index is 2.07. The summed E-state index contributed by atoms with van der Waals surface area (Å²) in [5.41, 5.74) is 4.04. The monoisotopic (exact) mass is 259 g/mol. The SMILES string of the molecule is CN/N=C(/CN1CCCCC1)C(=O)c1ccccc1. The third-order valence-corrected chi connectivity index (χ3v) is 3.37. The van der Waals surface area contributed by atoms with E-state index >= 15 is 0 Å². The maximum absolute atomic E-state index is 12.4. The smallest absolute Gasteiger partial charge is 0.210 e. The fourth-order valence-electron chi connectivity index (χ4n) is 2.38. The van der Waals surface area contributed by atoms with Gasteiger partial charge in [0.1, 0.15) is 5.71 Å². The fourth-order valence-corrected chi connectivity index (χ4v) is 2.38. The van der Waals surface area contributed by atoms with Crippen molar-refractivity contribution < 1.29 is 4.79 Å². The quantitative estimate of drug-likeness (QED) is 0.499. The van der Waals surface area contributed by atoms with Gasteiger partial charge >= 0.3 is 0 Å². The minimum absolute atomic E-state index is 0.0144. The molecule has 4 nitrogen and oxygen atoms in total. The van der Waals surface area contributed by atoms with Crippen LogP contribution in [0, 0.1) is 0 Å². The third-order valence-electron chi connectivity index (χ3n) is 3.37. The molecular formula is C15H21N3O. The average molecular weight is 259 g/mol. The predicted octanol–water partition coefficient (Wildman–Crippen LogP) is 1.93. The first-order chi connectivity index (χ1) is 9.31. The molecule has 1 N–H and O–H groups in total. The van der Waals surface area contributed by atoms with Crippen molar-refractivity contribution in [2.45, 2.75) is 19.3 Å². The van der Waals surface area contributed by atoms with Crippen molar-refractivity contribution in [2.24, 2.45) is 5.10 Å². The lowest BCUT2D eigenvalue weighted by molar-refractivity contribution is 0.105. The van der Waals surface area contributed by atoms with Crippen LogP contribution in [-0.2, 0) is 0 Å². The van der Waals surface area contributed by atoms with Crippen LogP contribution >= 0.6 is 0 Å². The Morgan fingerprint density at radius 2 is 1.89 bits per heavy atom. The second kappa shape index (κ2) is 7.04. The summed E-state index contributed by atoms with van der Waals surface area (Å²) < 4.78 is 0. The Morgan fingerprint density at radius 3 is 2.53 bits per heavy atom. The summed E-state index contributed by atoms with van der Waals surface area (Å²) >= 11 is 0. The first-order valence-corrected chi connectivity index (χ1v) is 6.86. The van der Waals surface area contributed by atoms with E-state index in [9.17, 15) is 4.79 Å². The summed E-state index contributed by atoms with van der Waals surface area (Å²) in [5.74, 6) is 0.0144. The van der Waals surface area contributed by atoms with Crippen molar-refractivity contribution >= 4 is 11.5 Å². The molecular weight excluding hydrogens is 238 g/mol. The molecule has 1 aliphatic heterocycles. The van der Waals surface area contributed by atoms with Crippen LogP contribution in [0.15, 0.2) is 35.4 Å². The molecule has 0 spiro atoms. The molecule has 0 bridgehead atoms. The summed E-state index contributed by atoms with van der Waals surface area (Å²) in [7, 11) is 1.73. The zero-order valence-corrected chi connectivity index (χ0v) is 11.4. The molecule has 0 radical (unpaired) electrons. The van der Waals surface area contributed by atoms with Gasteiger partial charge in [0.15, 0.2) is 0 Å². The minimum Gasteiger partial charge on any atom is -0.313 e. The van der Waals surface area contributed by atoms with Crippen molar-refractivity contribution in [3.63, 3.8) is 0 Å². The van der Waals surface area contributed by atoms with Crippen LogP contribution in [-0.4, -0.2) is 43.1 Å². The summed E-state index contributed by atoms with van der Waals surface area (Å²) in [6, 6.07) is 9.35. The molecule has 2 rings (SSSR count). The lowest BCUT2D eigenvalue weighted by Gasteiger charge is -2.26. The number of nitrogens with zero attached hydrogens (tertiary/aromatic N) is 2. The molecule has 4 heteroatoms. The fraction of sp³-hybridized carbons (Fsp3) is 0.467. The molecule has 0 aromatic heterocycles. The number of hydrogen-bond acceptors (Lipinski definition) is 4. The normalized spacial score (nSPS) is 17.2. The molecule has 1 aliphatic rings. The van der Waals surface area contributed by atoms with E-state index in [1.807, 2.05) is 30.3 Å². The van der Waals surface area contributed by atoms with Crippen LogP contribution in [0.5, 0.6) is 0 Å². The number of benzene rings is 1. The third kappa shape index (κ3) is 3.89. The molecule has 1 aromatic rings. The van der Waals surface area contributed by atoms with Crippen LogP contribution < -0.4 is 5.43 Å². The second-order valence-corrected chi connectivity index (χ2v) is 4.81. The Kier molecular flexibility index (Phi) is 5.10. The van der Waals surface area contributed by atoms with E-state index in [-0.39, 0.29) is 5.78 Å². The van der Waals surface area contributed by atoms with E-state index in [1.54, 1.807) is 7.05 Å². The Bertz CT molecular complexity index is 436. The molecule has 0 unspecified atom stereocenters. The van der Waals surface area contributed by atoms with Gasteiger partial charge in [-0.05, 0) is 25.9 Å². The Hall–Kier alpha value is -1.68. The number of carbonyl (C=O) groups is 1. The van der Waals surface area contributed by atoms with Crippen LogP contribution in [0.2, 0.25) is 0 Å². The number of piperidine rings is 1. The standard InChI is InChI=1S/C15H21N3O/c1-16-17-14(12-18-10-6-3-7-11-18)15(19)13-8-4-2-5-9-13/h2,4-5,8-9,16H,3,6-7,10-12H2,1H3/b17-14-. The lowest BCUT2D eigenvalue weighted by Crippen LogP contribution is -2.37. The molecule has 19 heavy (non-hydrogen) atoms. The van der Waals surface area contributed by atoms with Gasteiger partial charge in [0.2, 0.25) is 5.78 Å². The number of likely N-dealkylation sites (tertiary alicyclic amines) is 1. The van der Waals surface area contributed by atoms with Crippen LogP contribution in [0.1, 0.15) is 29.6 Å². The van der Waals surface area contributed by atoms with Gasteiger partial charge in [-0.1, -0.05) is 36.8 Å². The van der Waals surface area contributed by atoms with E-state index in [0.29, 0.717) is 17.8 Å². The van der Waals surface area contributed by atoms with E-state index < -0.39 is 0 Å². The zero-order valence-electron chi connectivity index (χ0n) is 11.4. The van der Waals surface area contributed by atoms with E-state index in [0.717, 1.165) is 13.1 Å². The molecule has 1 fully saturated rings. The molecule has 0 saturated carbocycles. The molecule has 1 aromatic carbocycles. The van der Waals surface area contributed by atoms with E-state index in [2.05, 4.69) is 15.4 Å². The molecule has 0 atom stereocenters. The van der Waals surface area contributed by atoms with Crippen molar-refractivity contribution in [3.8, 4) is 0 Å². The lowest BCUT2D eigenvalue weighted by atomic mass is 10.1. The van der Waals surface area contributed by atoms with Crippen molar-refractivity contribution in [3.05, 3.63) is 35.9 Å². The van der Waals surface area contributed by atoms with Crippen molar-refractivity contribution in [1.29, 1.82) is 0 Å². The Morgan fingerprint density at radius 1 is 1.21 bits per heavy atom. The van der Waals surface area contributed by atoms with Gasteiger partial charge < -0.3 is 5.43 Å². The van der Waals surface area contributed by atoms with E-state index in [1.165, 1.54) is 19.3 Å². The highest BCUT2D eigenvalue weighted by molar-refractivity contribution is 6.46. The highest BCUT2D eigenvalue weighted by Gasteiger charge is 2.19. The number of hydrazone groups is 1. The number of ketones is 1. The Labute approximate surface area is 114 Å². The van der Waals surface area contributed by atoms with Gasteiger partial charge in [-0.25, -0.2) is 0 Å². The van der Waals surface area contributed by atoms with Gasteiger partial charge in [-0.15, -0.1) is 0 Å². The van der Waals surface area contributed by atoms with Gasteiger partial charge in [-0.3, -0.25) is 9.69 Å². The highest BCUT2D eigenvalue weighted by atomic mass is 16.1. The maximum atomic E-state index is 12.4. The molecule has 102 valence electrons. The number of hydrogen-bond donors (Lipinski definition) is 1. The molecule has 0 amide bonds. The van der Waals surface area contributed by atoms with Crippen molar-refractivity contribution in [1.82, 2.24) is 10.3 Å². The summed E-state index contributed by atoms with van der Waals surface area (Å²) in [6.07, 6.45) is 3.72. The number of rotatable bonds is 5. The molecule has 0 aliphatic carbocycles. The predicted molar refractivity (Wildman–Crippen MR) is 77.6 cm³/mol. The summed E-state index contributed by atoms with van der Waals surface area (Å²) in [6.45, 7) is 2.75. The number of nitrogens with one attached hydrogen (secondary N) is 1. The van der Waals surface area contributed by atoms with Gasteiger partial charge in [0, 0.05) is 19.2 Å². The van der Waals surface area contributed by atoms with Gasteiger partial charge in [0.25, 0.3) is 0 Å². The topological polar surface area (TPSA) is 44.7 Å². The maximum Gasteiger partial charge on any atom is 0.210 e. The zero-order chi connectivity index (χ0) is 13.5. The second-order valence-electron chi connectivity index (χ2n) is 4.81. The van der Waals surface area contributed by atoms with Crippen molar-refractivity contribution in [2.75, 3.05) is 26.7 Å². The number of Topliss-reactive ketones (excluding diaryl/α,β-unsaturated/α-hetero) is 1. The van der Waals surface area contributed by atoms with Crippen LogP contribution in [0.3, 0.4) is 0 Å². The minimum atomic E-state index is 0.0144. The van der Waals surface area contributed by atoms with Crippen LogP contribution in [0.25, 0.3) is 0 Å². The van der Waals surface area contributed by atoms with Gasteiger partial charge in [0.05, 0.1) is 0 Å². The first-order valence-electron chi connectivity index (χ1n) is 6.86. The first kappa shape index (κ1) is 13.7. The average Bonchev–Trinajstić information content (AvgIpc) is 2.48. The highest BCUT2D eigenvalue weighted by Crippen LogP contribution is 2.10. The van der Waals surface area contributed by atoms with E-state index in [4.69, 9.17) is 0 Å². The number of carbonyl (C=O) groups excluding carboxylic acids is 1. The summed E-state index contributed by atoms with van der Waals surface area (Å²) in [5, 5.41) is 4.17. The van der Waals surface area contributed by atoms with Gasteiger partial charge in [-0.2, -0.15) is 5.10 Å².